The lowest BCUT2D eigenvalue weighted by molar-refractivity contribution is -0.286. The summed E-state index contributed by atoms with van der Waals surface area (Å²) in [7, 11) is 0. The van der Waals surface area contributed by atoms with Crippen molar-refractivity contribution in [3.63, 3.8) is 0 Å². The molecule has 0 saturated heterocycles. The van der Waals surface area contributed by atoms with Crippen molar-refractivity contribution in [3.05, 3.63) is 71.6 Å². The Balaban J connectivity index is 1.75. The van der Waals surface area contributed by atoms with E-state index in [-0.39, 0.29) is 17.2 Å². The Bertz CT molecular complexity index is 1010. The molecule has 0 atom stereocenters. The van der Waals surface area contributed by atoms with Crippen molar-refractivity contribution in [2.24, 2.45) is 0 Å². The minimum absolute atomic E-state index is 0.00895. The maximum absolute atomic E-state index is 13.3. The van der Waals surface area contributed by atoms with E-state index in [1.807, 2.05) is 0 Å². The van der Waals surface area contributed by atoms with Gasteiger partial charge in [0.2, 0.25) is 0 Å². The number of carbonyl (C=O) groups excluding carboxylic acids is 1. The third-order valence-corrected chi connectivity index (χ3v) is 4.07. The third-order valence-electron chi connectivity index (χ3n) is 4.07. The first-order chi connectivity index (χ1) is 13.2. The van der Waals surface area contributed by atoms with Crippen LogP contribution in [0.25, 0.3) is 5.57 Å². The highest BCUT2D eigenvalue weighted by molar-refractivity contribution is 5.94. The van der Waals surface area contributed by atoms with Gasteiger partial charge in [-0.25, -0.2) is 4.98 Å². The number of nitrogens with one attached hydrogen (secondary N) is 1. The van der Waals surface area contributed by atoms with Gasteiger partial charge >= 0.3 is 6.29 Å². The number of amides is 1. The molecule has 0 bridgehead atoms. The largest absolute Gasteiger partial charge is 0.586 e. The SMILES string of the molecule is C=C(/C=C\C(=C/C)c1cc2c(cc1C)OC(F)(F)O2)NC(=O)c1ncoc1C. The van der Waals surface area contributed by atoms with E-state index >= 15 is 0 Å². The van der Waals surface area contributed by atoms with E-state index in [0.29, 0.717) is 17.0 Å². The van der Waals surface area contributed by atoms with E-state index < -0.39 is 12.2 Å². The molecule has 0 radical (unpaired) electrons. The van der Waals surface area contributed by atoms with Crippen LogP contribution < -0.4 is 14.8 Å². The Morgan fingerprint density at radius 2 is 1.89 bits per heavy atom. The Hall–Kier alpha value is -3.42. The van der Waals surface area contributed by atoms with Gasteiger partial charge in [0.1, 0.15) is 5.76 Å². The summed E-state index contributed by atoms with van der Waals surface area (Å²) < 4.78 is 40.5. The monoisotopic (exact) mass is 388 g/mol. The molecular weight excluding hydrogens is 370 g/mol. The Kier molecular flexibility index (Phi) is 5.04. The zero-order valence-corrected chi connectivity index (χ0v) is 15.5. The second-order valence-electron chi connectivity index (χ2n) is 6.10. The summed E-state index contributed by atoms with van der Waals surface area (Å²) in [4.78, 5) is 16.0. The molecule has 0 saturated carbocycles. The summed E-state index contributed by atoms with van der Waals surface area (Å²) in [5.74, 6) is -0.0852. The number of rotatable bonds is 5. The molecule has 2 heterocycles. The van der Waals surface area contributed by atoms with Crippen LogP contribution in [0.1, 0.15) is 34.3 Å². The van der Waals surface area contributed by atoms with Crippen LogP contribution >= 0.6 is 0 Å². The van der Waals surface area contributed by atoms with Crippen LogP contribution in [0.5, 0.6) is 11.5 Å². The molecule has 0 spiro atoms. The quantitative estimate of drug-likeness (QED) is 0.763. The van der Waals surface area contributed by atoms with Crippen LogP contribution in [0.3, 0.4) is 0 Å². The highest BCUT2D eigenvalue weighted by Gasteiger charge is 2.43. The highest BCUT2D eigenvalue weighted by atomic mass is 19.3. The summed E-state index contributed by atoms with van der Waals surface area (Å²) in [6.45, 7) is 8.99. The lowest BCUT2D eigenvalue weighted by Gasteiger charge is -2.09. The molecule has 1 N–H and O–H groups in total. The van der Waals surface area contributed by atoms with Crippen LogP contribution in [-0.4, -0.2) is 17.2 Å². The molecule has 1 amide bonds. The Morgan fingerprint density at radius 1 is 1.21 bits per heavy atom. The van der Waals surface area contributed by atoms with Gasteiger partial charge in [-0.2, -0.15) is 0 Å². The number of aromatic nitrogens is 1. The average Bonchev–Trinajstić information content (AvgIpc) is 3.16. The number of fused-ring (bicyclic) bond motifs is 1. The smallest absolute Gasteiger partial charge is 0.448 e. The molecule has 2 aromatic rings. The highest BCUT2D eigenvalue weighted by Crippen LogP contribution is 2.43. The molecule has 0 aliphatic carbocycles. The number of hydrogen-bond acceptors (Lipinski definition) is 5. The van der Waals surface area contributed by atoms with Gasteiger partial charge in [0.15, 0.2) is 23.6 Å². The van der Waals surface area contributed by atoms with E-state index in [1.54, 1.807) is 39.0 Å². The van der Waals surface area contributed by atoms with E-state index in [2.05, 4.69) is 26.4 Å². The van der Waals surface area contributed by atoms with Crippen LogP contribution in [0.15, 0.2) is 53.4 Å². The van der Waals surface area contributed by atoms with Crippen LogP contribution in [-0.2, 0) is 0 Å². The van der Waals surface area contributed by atoms with E-state index in [9.17, 15) is 13.6 Å². The van der Waals surface area contributed by atoms with E-state index in [4.69, 9.17) is 4.42 Å². The summed E-state index contributed by atoms with van der Waals surface area (Å²) in [5, 5.41) is 2.61. The number of oxazole rings is 1. The maximum atomic E-state index is 13.3. The van der Waals surface area contributed by atoms with E-state index in [1.165, 1.54) is 18.5 Å². The van der Waals surface area contributed by atoms with Crippen molar-refractivity contribution in [3.8, 4) is 11.5 Å². The molecule has 28 heavy (non-hydrogen) atoms. The first kappa shape index (κ1) is 19.3. The van der Waals surface area contributed by atoms with Gasteiger partial charge in [0.05, 0.1) is 0 Å². The number of carbonyl (C=O) groups is 1. The van der Waals surface area contributed by atoms with Crippen molar-refractivity contribution >= 4 is 11.5 Å². The molecule has 0 unspecified atom stereocenters. The molecule has 0 fully saturated rings. The molecule has 1 aromatic heterocycles. The second-order valence-corrected chi connectivity index (χ2v) is 6.10. The fourth-order valence-corrected chi connectivity index (χ4v) is 2.71. The minimum Gasteiger partial charge on any atom is -0.448 e. The molecule has 3 rings (SSSR count). The minimum atomic E-state index is -3.67. The summed E-state index contributed by atoms with van der Waals surface area (Å²) >= 11 is 0. The van der Waals surface area contributed by atoms with Gasteiger partial charge in [0.25, 0.3) is 5.91 Å². The molecule has 8 heteroatoms. The third kappa shape index (κ3) is 3.95. The van der Waals surface area contributed by atoms with Gasteiger partial charge in [0, 0.05) is 5.70 Å². The summed E-state index contributed by atoms with van der Waals surface area (Å²) in [6.07, 6.45) is 2.63. The van der Waals surface area contributed by atoms with Crippen molar-refractivity contribution in [2.75, 3.05) is 0 Å². The molecule has 6 nitrogen and oxygen atoms in total. The summed E-state index contributed by atoms with van der Waals surface area (Å²) in [5.41, 5.74) is 2.65. The number of alkyl halides is 2. The first-order valence-corrected chi connectivity index (χ1v) is 8.36. The Morgan fingerprint density at radius 3 is 2.50 bits per heavy atom. The molecule has 1 aliphatic heterocycles. The normalized spacial score (nSPS) is 15.1. The molecule has 146 valence electrons. The molecular formula is C20H18F2N2O4. The number of ether oxygens (including phenoxy) is 2. The maximum Gasteiger partial charge on any atom is 0.586 e. The zero-order chi connectivity index (χ0) is 20.5. The van der Waals surface area contributed by atoms with Crippen LogP contribution in [0.4, 0.5) is 8.78 Å². The number of allylic oxidation sites excluding steroid dienone is 4. The van der Waals surface area contributed by atoms with Crippen LogP contribution in [0, 0.1) is 13.8 Å². The Labute approximate surface area is 160 Å². The standard InChI is InChI=1S/C20H18F2N2O4/c1-5-14(7-6-12(3)24-19(25)18-13(4)26-10-23-18)15-9-17-16(8-11(15)2)27-20(21,22)28-17/h5-10H,3H2,1-2,4H3,(H,24,25)/b7-6-,14-5+. The van der Waals surface area contributed by atoms with Crippen molar-refractivity contribution in [1.29, 1.82) is 0 Å². The first-order valence-electron chi connectivity index (χ1n) is 8.36. The number of aryl methyl sites for hydroxylation is 2. The van der Waals surface area contributed by atoms with Crippen LogP contribution in [0.2, 0.25) is 0 Å². The lowest BCUT2D eigenvalue weighted by atomic mass is 9.99. The van der Waals surface area contributed by atoms with Gasteiger partial charge in [-0.1, -0.05) is 18.7 Å². The number of halogens is 2. The lowest BCUT2D eigenvalue weighted by Crippen LogP contribution is -2.25. The number of nitrogens with zero attached hydrogens (tertiary/aromatic N) is 1. The zero-order valence-electron chi connectivity index (χ0n) is 15.5. The van der Waals surface area contributed by atoms with Crippen molar-refractivity contribution in [1.82, 2.24) is 10.3 Å². The van der Waals surface area contributed by atoms with E-state index in [0.717, 1.165) is 11.1 Å². The van der Waals surface area contributed by atoms with Crippen molar-refractivity contribution in [2.45, 2.75) is 27.1 Å². The van der Waals surface area contributed by atoms with Gasteiger partial charge in [-0.3, -0.25) is 4.79 Å². The fourth-order valence-electron chi connectivity index (χ4n) is 2.71. The summed E-state index contributed by atoms with van der Waals surface area (Å²) in [6, 6.07) is 2.98. The number of benzene rings is 1. The molecule has 1 aliphatic rings. The van der Waals surface area contributed by atoms with Gasteiger partial charge in [-0.15, -0.1) is 8.78 Å². The fraction of sp³-hybridized carbons (Fsp3) is 0.200. The van der Waals surface area contributed by atoms with Gasteiger partial charge in [-0.05, 0) is 55.7 Å². The van der Waals surface area contributed by atoms with Gasteiger partial charge < -0.3 is 19.2 Å². The second kappa shape index (κ2) is 7.30. The number of hydrogen-bond donors (Lipinski definition) is 1. The predicted molar refractivity (Wildman–Crippen MR) is 98.0 cm³/mol. The average molecular weight is 388 g/mol. The topological polar surface area (TPSA) is 73.6 Å². The van der Waals surface area contributed by atoms with Crippen molar-refractivity contribution < 1.29 is 27.5 Å². The predicted octanol–water partition coefficient (Wildman–Crippen LogP) is 4.52. The molecule has 1 aromatic carbocycles.